The Morgan fingerprint density at radius 2 is 0.545 bits per heavy atom. The predicted molar refractivity (Wildman–Crippen MR) is 351 cm³/mol. The van der Waals surface area contributed by atoms with E-state index >= 15 is 8.78 Å². The molecule has 10 heteroatoms. The van der Waals surface area contributed by atoms with Gasteiger partial charge in [0.2, 0.25) is 0 Å². The Balaban J connectivity index is 0.781. The Hall–Kier alpha value is -7.72. The molecular formula is C78H92F2O8. The molecule has 0 unspecified atom stereocenters. The summed E-state index contributed by atoms with van der Waals surface area (Å²) in [6.45, 7) is 4.54. The van der Waals surface area contributed by atoms with Gasteiger partial charge in [-0.15, -0.1) is 0 Å². The summed E-state index contributed by atoms with van der Waals surface area (Å²) >= 11 is 0. The minimum Gasteiger partial charge on any atom is -0.423 e. The zero-order valence-electron chi connectivity index (χ0n) is 52.2. The van der Waals surface area contributed by atoms with Crippen molar-refractivity contribution in [1.82, 2.24) is 0 Å². The van der Waals surface area contributed by atoms with Crippen molar-refractivity contribution in [1.29, 1.82) is 0 Å². The fourth-order valence-corrected chi connectivity index (χ4v) is 11.1. The van der Waals surface area contributed by atoms with Gasteiger partial charge in [-0.05, 0) is 120 Å². The van der Waals surface area contributed by atoms with E-state index < -0.39 is 46.6 Å². The zero-order valence-corrected chi connectivity index (χ0v) is 52.2. The summed E-state index contributed by atoms with van der Waals surface area (Å²) in [4.78, 5) is 52.4. The Bertz CT molecular complexity index is 2990. The second kappa shape index (κ2) is 38.5. The number of hydrogen-bond acceptors (Lipinski definition) is 8. The topological polar surface area (TPSA) is 105 Å². The van der Waals surface area contributed by atoms with Crippen molar-refractivity contribution in [3.63, 3.8) is 0 Å². The van der Waals surface area contributed by atoms with Crippen LogP contribution in [0.15, 0.2) is 158 Å². The van der Waals surface area contributed by atoms with Gasteiger partial charge in [0.25, 0.3) is 0 Å². The smallest absolute Gasteiger partial charge is 0.346 e. The van der Waals surface area contributed by atoms with E-state index in [2.05, 4.69) is 62.4 Å². The number of carbonyl (C=O) groups is 4. The third kappa shape index (κ3) is 23.8. The summed E-state index contributed by atoms with van der Waals surface area (Å²) in [5, 5.41) is 0. The first-order valence-corrected chi connectivity index (χ1v) is 33.0. The number of rotatable bonds is 40. The first-order valence-electron chi connectivity index (χ1n) is 33.0. The van der Waals surface area contributed by atoms with Crippen molar-refractivity contribution in [2.75, 3.05) is 0 Å². The third-order valence-electron chi connectivity index (χ3n) is 16.4. The molecule has 0 aliphatic heterocycles. The summed E-state index contributed by atoms with van der Waals surface area (Å²) in [5.74, 6) is -5.95. The molecule has 0 aliphatic rings. The number of benzene rings is 7. The van der Waals surface area contributed by atoms with Gasteiger partial charge in [-0.3, -0.25) is 0 Å². The maximum absolute atomic E-state index is 15.3. The van der Waals surface area contributed by atoms with Crippen molar-refractivity contribution >= 4 is 23.9 Å². The van der Waals surface area contributed by atoms with Crippen LogP contribution in [0.5, 0.6) is 23.0 Å². The highest BCUT2D eigenvalue weighted by Gasteiger charge is 2.20. The molecule has 0 bridgehead atoms. The van der Waals surface area contributed by atoms with Crippen LogP contribution in [0.1, 0.15) is 246 Å². The lowest BCUT2D eigenvalue weighted by Gasteiger charge is -2.10. The third-order valence-corrected chi connectivity index (χ3v) is 16.4. The molecule has 7 aromatic carbocycles. The minimum absolute atomic E-state index is 0.0935. The number of aryl methyl sites for hydroxylation is 2. The molecule has 0 atom stereocenters. The molecular weight excluding hydrogens is 1100 g/mol. The molecule has 88 heavy (non-hydrogen) atoms. The van der Waals surface area contributed by atoms with E-state index in [1.54, 1.807) is 24.3 Å². The van der Waals surface area contributed by atoms with Gasteiger partial charge < -0.3 is 18.9 Å². The van der Waals surface area contributed by atoms with Crippen molar-refractivity contribution in [3.8, 4) is 45.3 Å². The average Bonchev–Trinajstić information content (AvgIpc) is 3.74. The van der Waals surface area contributed by atoms with Crippen molar-refractivity contribution < 1.29 is 46.9 Å². The van der Waals surface area contributed by atoms with Crippen LogP contribution in [0.4, 0.5) is 8.78 Å². The molecule has 0 amide bonds. The molecule has 466 valence electrons. The quantitative estimate of drug-likeness (QED) is 0.0212. The van der Waals surface area contributed by atoms with Gasteiger partial charge in [0.05, 0.1) is 22.3 Å². The molecule has 0 spiro atoms. The number of ether oxygens (including phenoxy) is 4. The number of esters is 4. The van der Waals surface area contributed by atoms with Crippen LogP contribution in [0.3, 0.4) is 0 Å². The SMILES string of the molecule is CCCCCCCCCCCCCCCCc1ccc(-c2ccc(C(=O)Oc3ccc(C(=O)Oc4cccc(OC(=O)c5ccc(OC(=O)c6ccc(-c7ccc(CCCCCCCCCCCCCCCC)cc7)cc6)cc5F)c4)c(F)c3)cc2)cc1. The molecule has 7 aromatic rings. The van der Waals surface area contributed by atoms with Crippen LogP contribution in [-0.4, -0.2) is 23.9 Å². The summed E-state index contributed by atoms with van der Waals surface area (Å²) in [6.07, 6.45) is 39.7. The van der Waals surface area contributed by atoms with Crippen LogP contribution in [-0.2, 0) is 12.8 Å². The highest BCUT2D eigenvalue weighted by molar-refractivity contribution is 5.95. The summed E-state index contributed by atoms with van der Waals surface area (Å²) in [7, 11) is 0. The van der Waals surface area contributed by atoms with E-state index in [0.717, 1.165) is 59.4 Å². The van der Waals surface area contributed by atoms with Gasteiger partial charge >= 0.3 is 23.9 Å². The maximum Gasteiger partial charge on any atom is 0.346 e. The average molecular weight is 1200 g/mol. The van der Waals surface area contributed by atoms with Crippen LogP contribution in [0.2, 0.25) is 0 Å². The van der Waals surface area contributed by atoms with E-state index in [-0.39, 0.29) is 34.1 Å². The van der Waals surface area contributed by atoms with Gasteiger partial charge in [-0.2, -0.15) is 0 Å². The predicted octanol–water partition coefficient (Wildman–Crippen LogP) is 22.2. The van der Waals surface area contributed by atoms with E-state index in [9.17, 15) is 19.2 Å². The van der Waals surface area contributed by atoms with Crippen molar-refractivity contribution in [3.05, 3.63) is 203 Å². The Kier molecular flexibility index (Phi) is 29.7. The van der Waals surface area contributed by atoms with E-state index in [0.29, 0.717) is 0 Å². The molecule has 0 radical (unpaired) electrons. The minimum atomic E-state index is -1.07. The Morgan fingerprint density at radius 3 is 0.841 bits per heavy atom. The van der Waals surface area contributed by atoms with Gasteiger partial charge in [0.1, 0.15) is 34.6 Å². The fourth-order valence-electron chi connectivity index (χ4n) is 11.1. The second-order valence-corrected chi connectivity index (χ2v) is 23.6. The molecule has 0 heterocycles. The van der Waals surface area contributed by atoms with Crippen molar-refractivity contribution in [2.45, 2.75) is 206 Å². The van der Waals surface area contributed by atoms with E-state index in [4.69, 9.17) is 18.9 Å². The second-order valence-electron chi connectivity index (χ2n) is 23.6. The highest BCUT2D eigenvalue weighted by Crippen LogP contribution is 2.28. The lowest BCUT2D eigenvalue weighted by atomic mass is 10.00. The first-order chi connectivity index (χ1) is 43.1. The molecule has 0 aromatic heterocycles. The number of unbranched alkanes of at least 4 members (excludes halogenated alkanes) is 26. The first kappa shape index (κ1) is 67.8. The largest absolute Gasteiger partial charge is 0.423 e. The number of halogens is 2. The molecule has 7 rings (SSSR count). The fraction of sp³-hybridized carbons (Fsp3) is 0.410. The number of carbonyl (C=O) groups excluding carboxylic acids is 4. The summed E-state index contributed by atoms with van der Waals surface area (Å²) in [6, 6.07) is 43.1. The van der Waals surface area contributed by atoms with Gasteiger partial charge in [0, 0.05) is 18.2 Å². The van der Waals surface area contributed by atoms with Crippen LogP contribution >= 0.6 is 0 Å². The van der Waals surface area contributed by atoms with E-state index in [1.165, 1.54) is 227 Å². The van der Waals surface area contributed by atoms with Crippen LogP contribution < -0.4 is 18.9 Å². The zero-order chi connectivity index (χ0) is 62.0. The Labute approximate surface area is 522 Å². The van der Waals surface area contributed by atoms with Gasteiger partial charge in [-0.25, -0.2) is 28.0 Å². The normalized spacial score (nSPS) is 11.1. The standard InChI is InChI=1S/C78H92F2O8/c1-3-5-7-9-11-13-15-17-19-21-23-25-27-29-32-59-36-40-61(41-37-59)63-44-48-65(49-45-63)75(81)85-69-52-54-71(73(79)57-69)77(83)87-67-34-31-35-68(56-67)88-78(84)72-55-53-70(58-74(72)80)86-76(82)66-50-46-64(47-51-66)62-42-38-60(39-43-62)33-30-28-26-24-22-20-18-16-14-12-10-8-6-4-2/h31,34-58H,3-30,32-33H2,1-2H3. The Morgan fingerprint density at radius 1 is 0.284 bits per heavy atom. The van der Waals surface area contributed by atoms with Crippen LogP contribution in [0.25, 0.3) is 22.3 Å². The van der Waals surface area contributed by atoms with Crippen LogP contribution in [0, 0.1) is 11.6 Å². The highest BCUT2D eigenvalue weighted by atomic mass is 19.1. The molecule has 0 saturated carbocycles. The summed E-state index contributed by atoms with van der Waals surface area (Å²) < 4.78 is 52.4. The maximum atomic E-state index is 15.3. The van der Waals surface area contributed by atoms with Gasteiger partial charge in [-0.1, -0.05) is 260 Å². The summed E-state index contributed by atoms with van der Waals surface area (Å²) in [5.41, 5.74) is 6.20. The molecule has 8 nitrogen and oxygen atoms in total. The lowest BCUT2D eigenvalue weighted by molar-refractivity contribution is 0.0720. The molecule has 0 aliphatic carbocycles. The molecule has 0 fully saturated rings. The lowest BCUT2D eigenvalue weighted by Crippen LogP contribution is -2.13. The number of hydrogen-bond donors (Lipinski definition) is 0. The van der Waals surface area contributed by atoms with Crippen molar-refractivity contribution in [2.24, 2.45) is 0 Å². The molecule has 0 N–H and O–H groups in total. The monoisotopic (exact) mass is 1190 g/mol. The van der Waals surface area contributed by atoms with E-state index in [1.807, 2.05) is 24.3 Å². The molecule has 0 saturated heterocycles. The van der Waals surface area contributed by atoms with Gasteiger partial charge in [0.15, 0.2) is 0 Å².